The highest BCUT2D eigenvalue weighted by molar-refractivity contribution is 5.84. The Bertz CT molecular complexity index is 991. The van der Waals surface area contributed by atoms with Crippen molar-refractivity contribution in [2.75, 3.05) is 14.2 Å². The van der Waals surface area contributed by atoms with Crippen LogP contribution in [0.2, 0.25) is 0 Å². The monoisotopic (exact) mass is 481 g/mol. The number of methoxy groups -OCH3 is 2. The third-order valence-corrected chi connectivity index (χ3v) is 7.54. The second-order valence-corrected chi connectivity index (χ2v) is 9.28. The number of rotatable bonds is 6. The van der Waals surface area contributed by atoms with E-state index in [1.807, 2.05) is 12.1 Å². The van der Waals surface area contributed by atoms with Gasteiger partial charge < -0.3 is 14.2 Å². The predicted molar refractivity (Wildman–Crippen MR) is 125 cm³/mol. The summed E-state index contributed by atoms with van der Waals surface area (Å²) < 4.78 is 16.4. The summed E-state index contributed by atoms with van der Waals surface area (Å²) in [5.41, 5.74) is 2.14. The molecule has 35 heavy (non-hydrogen) atoms. The first kappa shape index (κ1) is 23.9. The number of carbonyl (C=O) groups is 2. The first-order valence-corrected chi connectivity index (χ1v) is 12.1. The van der Waals surface area contributed by atoms with Gasteiger partial charge in [0.2, 0.25) is 0 Å². The summed E-state index contributed by atoms with van der Waals surface area (Å²) in [7, 11) is 2.55. The minimum atomic E-state index is -1.12. The quantitative estimate of drug-likeness (QED) is 0.580. The Morgan fingerprint density at radius 2 is 1.49 bits per heavy atom. The molecule has 2 saturated heterocycles. The summed E-state index contributed by atoms with van der Waals surface area (Å²) in [6.45, 7) is 0. The standard InChI is InChI=1S/C27H31NO7/c1-31-25(29)23-20-15-16-22(34-28(20)35-24(23)26(30)32-2)33-21-14-9-17-27(21,18-10-5-3-6-11-18)19-12-7-4-8-13-19/h3-8,10-13,20-24H,9,14-17H2,1-2H3/t20-,21+,22-,23+,24+/m1/s1. The van der Waals surface area contributed by atoms with Crippen LogP contribution in [0.4, 0.5) is 0 Å². The molecular weight excluding hydrogens is 450 g/mol. The summed E-state index contributed by atoms with van der Waals surface area (Å²) in [4.78, 5) is 36.5. The number of nitrogens with zero attached hydrogens (tertiary/aromatic N) is 1. The fourth-order valence-corrected chi connectivity index (χ4v) is 5.91. The van der Waals surface area contributed by atoms with Crippen LogP contribution in [-0.4, -0.2) is 55.9 Å². The van der Waals surface area contributed by atoms with Crippen molar-refractivity contribution < 1.29 is 33.5 Å². The van der Waals surface area contributed by atoms with E-state index in [0.717, 1.165) is 19.3 Å². The fraction of sp³-hybridized carbons (Fsp3) is 0.481. The van der Waals surface area contributed by atoms with Crippen LogP contribution in [0.3, 0.4) is 0 Å². The van der Waals surface area contributed by atoms with Crippen LogP contribution < -0.4 is 0 Å². The third-order valence-electron chi connectivity index (χ3n) is 7.54. The van der Waals surface area contributed by atoms with Gasteiger partial charge in [0, 0.05) is 11.8 Å². The molecule has 186 valence electrons. The zero-order valence-electron chi connectivity index (χ0n) is 20.0. The molecule has 0 bridgehead atoms. The van der Waals surface area contributed by atoms with E-state index in [1.54, 1.807) is 0 Å². The average molecular weight is 482 g/mol. The zero-order chi connectivity index (χ0) is 24.4. The average Bonchev–Trinajstić information content (AvgIpc) is 3.51. The molecular formula is C27H31NO7. The molecule has 5 atom stereocenters. The summed E-state index contributed by atoms with van der Waals surface area (Å²) in [6.07, 6.45) is 2.20. The molecule has 8 nitrogen and oxygen atoms in total. The number of fused-ring (bicyclic) bond motifs is 1. The Morgan fingerprint density at radius 1 is 0.857 bits per heavy atom. The number of ether oxygens (including phenoxy) is 3. The Balaban J connectivity index is 1.38. The molecule has 1 aliphatic carbocycles. The van der Waals surface area contributed by atoms with Gasteiger partial charge >= 0.3 is 11.9 Å². The lowest BCUT2D eigenvalue weighted by Crippen LogP contribution is -2.47. The van der Waals surface area contributed by atoms with Gasteiger partial charge in [-0.1, -0.05) is 65.9 Å². The van der Waals surface area contributed by atoms with Gasteiger partial charge in [0.1, 0.15) is 5.92 Å². The van der Waals surface area contributed by atoms with Crippen LogP contribution in [0.15, 0.2) is 60.7 Å². The van der Waals surface area contributed by atoms with Gasteiger partial charge in [-0.3, -0.25) is 9.63 Å². The minimum absolute atomic E-state index is 0.107. The Hall–Kier alpha value is -2.78. The number of benzene rings is 2. The summed E-state index contributed by atoms with van der Waals surface area (Å²) in [5.74, 6) is -2.00. The number of hydrogen-bond donors (Lipinski definition) is 0. The van der Waals surface area contributed by atoms with Crippen molar-refractivity contribution in [1.82, 2.24) is 5.23 Å². The second kappa shape index (κ2) is 10.1. The summed E-state index contributed by atoms with van der Waals surface area (Å²) in [5, 5.41) is 1.25. The van der Waals surface area contributed by atoms with Crippen molar-refractivity contribution in [1.29, 1.82) is 0 Å². The number of carbonyl (C=O) groups excluding carboxylic acids is 2. The van der Waals surface area contributed by atoms with Crippen LogP contribution in [-0.2, 0) is 38.9 Å². The SMILES string of the molecule is COC(=O)[C@@H]1[C@@H](C(=O)OC)ON2O[C@@H](O[C@H]3CCCC3(c3ccccc3)c3ccccc3)CC[C@H]12. The zero-order valence-corrected chi connectivity index (χ0v) is 20.0. The van der Waals surface area contributed by atoms with Gasteiger partial charge in [0.15, 0.2) is 12.4 Å². The van der Waals surface area contributed by atoms with E-state index < -0.39 is 36.3 Å². The molecule has 0 unspecified atom stereocenters. The molecule has 8 heteroatoms. The van der Waals surface area contributed by atoms with E-state index in [0.29, 0.717) is 12.8 Å². The highest BCUT2D eigenvalue weighted by Crippen LogP contribution is 2.49. The third kappa shape index (κ3) is 4.25. The maximum Gasteiger partial charge on any atom is 0.338 e. The molecule has 0 N–H and O–H groups in total. The molecule has 1 saturated carbocycles. The van der Waals surface area contributed by atoms with Crippen molar-refractivity contribution >= 4 is 11.9 Å². The van der Waals surface area contributed by atoms with E-state index in [4.69, 9.17) is 23.9 Å². The van der Waals surface area contributed by atoms with E-state index in [2.05, 4.69) is 48.5 Å². The van der Waals surface area contributed by atoms with Crippen molar-refractivity contribution in [3.05, 3.63) is 71.8 Å². The van der Waals surface area contributed by atoms with E-state index in [-0.39, 0.29) is 11.5 Å². The Kier molecular flexibility index (Phi) is 6.88. The lowest BCUT2D eigenvalue weighted by atomic mass is 9.71. The van der Waals surface area contributed by atoms with E-state index >= 15 is 0 Å². The second-order valence-electron chi connectivity index (χ2n) is 9.28. The van der Waals surface area contributed by atoms with Crippen molar-refractivity contribution in [2.24, 2.45) is 5.92 Å². The van der Waals surface area contributed by atoms with Crippen molar-refractivity contribution in [2.45, 2.75) is 62.1 Å². The van der Waals surface area contributed by atoms with Gasteiger partial charge in [0.25, 0.3) is 0 Å². The van der Waals surface area contributed by atoms with Crippen molar-refractivity contribution in [3.63, 3.8) is 0 Å². The molecule has 0 amide bonds. The first-order valence-electron chi connectivity index (χ1n) is 12.1. The van der Waals surface area contributed by atoms with E-state index in [9.17, 15) is 9.59 Å². The molecule has 2 aromatic rings. The first-order chi connectivity index (χ1) is 17.1. The topological polar surface area (TPSA) is 83.5 Å². The normalized spacial score (nSPS) is 29.9. The molecule has 2 heterocycles. The summed E-state index contributed by atoms with van der Waals surface area (Å²) in [6, 6.07) is 20.5. The number of hydrogen-bond acceptors (Lipinski definition) is 8. The van der Waals surface area contributed by atoms with Gasteiger partial charge in [-0.25, -0.2) is 9.63 Å². The maximum absolute atomic E-state index is 12.4. The van der Waals surface area contributed by atoms with E-state index in [1.165, 1.54) is 30.6 Å². The molecule has 2 aromatic carbocycles. The fourth-order valence-electron chi connectivity index (χ4n) is 5.91. The van der Waals surface area contributed by atoms with Crippen LogP contribution in [0.1, 0.15) is 43.2 Å². The predicted octanol–water partition coefficient (Wildman–Crippen LogP) is 3.54. The maximum atomic E-state index is 12.4. The van der Waals surface area contributed by atoms with Gasteiger partial charge in [0.05, 0.1) is 26.4 Å². The van der Waals surface area contributed by atoms with Gasteiger partial charge in [-0.15, -0.1) is 0 Å². The van der Waals surface area contributed by atoms with Crippen LogP contribution in [0, 0.1) is 5.92 Å². The minimum Gasteiger partial charge on any atom is -0.469 e. The molecule has 2 aliphatic heterocycles. The highest BCUT2D eigenvalue weighted by atomic mass is 17.0. The molecule has 0 radical (unpaired) electrons. The van der Waals surface area contributed by atoms with Crippen molar-refractivity contribution in [3.8, 4) is 0 Å². The molecule has 3 fully saturated rings. The van der Waals surface area contributed by atoms with Gasteiger partial charge in [-0.05, 0) is 36.8 Å². The van der Waals surface area contributed by atoms with Crippen LogP contribution in [0.5, 0.6) is 0 Å². The van der Waals surface area contributed by atoms with Gasteiger partial charge in [-0.2, -0.15) is 0 Å². The smallest absolute Gasteiger partial charge is 0.338 e. The van der Waals surface area contributed by atoms with Crippen LogP contribution in [0.25, 0.3) is 0 Å². The summed E-state index contributed by atoms with van der Waals surface area (Å²) >= 11 is 0. The molecule has 3 aliphatic rings. The molecule has 0 aromatic heterocycles. The number of hydroxylamine groups is 2. The highest BCUT2D eigenvalue weighted by Gasteiger charge is 2.56. The lowest BCUT2D eigenvalue weighted by molar-refractivity contribution is -0.438. The number of esters is 2. The molecule has 0 spiro atoms. The Labute approximate surface area is 205 Å². The van der Waals surface area contributed by atoms with Crippen LogP contribution >= 0.6 is 0 Å². The molecule has 5 rings (SSSR count). The largest absolute Gasteiger partial charge is 0.469 e. The Morgan fingerprint density at radius 3 is 2.09 bits per heavy atom. The lowest BCUT2D eigenvalue weighted by Gasteiger charge is -2.40.